The van der Waals surface area contributed by atoms with Gasteiger partial charge in [0.15, 0.2) is 5.78 Å². The second-order valence-corrected chi connectivity index (χ2v) is 40.8. The first-order chi connectivity index (χ1) is 58.2. The van der Waals surface area contributed by atoms with Gasteiger partial charge in [-0.2, -0.15) is 0 Å². The van der Waals surface area contributed by atoms with Crippen LogP contribution in [-0.2, 0) is 48.2 Å². The Balaban J connectivity index is 0.000000119. The SMILES string of the molecule is C/C=N/OC(=O)C12CC3CC(CC(C3)C1)C2.CC/C=N/OC(=O)C12CC3CC(CC(C3)C1)C2.CC12CCC(/C(=N/OC(=O)c3ccccc3)C1=O)C2(C)C.O=C(ON=C1C2CC3CC(C2)CC1C3)C12CC3CC(CC(C3)C1)C2.O=C(ON=C1CCCCCC1)c1ccccc1.O=C(ON=C1CCCCCCCCCCCCCC1)c1ccccc1. The molecule has 20 fully saturated rings. The molecule has 0 radical (unpaired) electrons. The molecule has 650 valence electrons. The lowest BCUT2D eigenvalue weighted by Gasteiger charge is -2.54. The molecule has 0 aromatic heterocycles. The van der Waals surface area contributed by atoms with Crippen LogP contribution in [0.1, 0.15) is 361 Å². The fourth-order valence-corrected chi connectivity index (χ4v) is 26.5. The molecule has 0 aliphatic heterocycles. The number of Topliss-reactive ketones (excluding diaryl/α,β-unsaturated/α-hetero) is 1. The molecule has 20 aliphatic carbocycles. The molecule has 3 aromatic carbocycles. The smallest absolute Gasteiger partial charge is 0.318 e. The summed E-state index contributed by atoms with van der Waals surface area (Å²) in [6.45, 7) is 9.96. The Labute approximate surface area is 714 Å². The van der Waals surface area contributed by atoms with Gasteiger partial charge in [-0.15, -0.1) is 0 Å². The molecule has 23 rings (SSSR count). The van der Waals surface area contributed by atoms with Crippen LogP contribution in [0.3, 0.4) is 0 Å². The third-order valence-corrected chi connectivity index (χ3v) is 31.7. The van der Waals surface area contributed by atoms with Crippen LogP contribution in [0.2, 0.25) is 0 Å². The molecule has 0 amide bonds. The Bertz CT molecular complexity index is 4020. The third-order valence-electron chi connectivity index (χ3n) is 31.7. The van der Waals surface area contributed by atoms with E-state index in [4.69, 9.17) is 29.0 Å². The van der Waals surface area contributed by atoms with Crippen molar-refractivity contribution in [2.45, 2.75) is 330 Å². The predicted molar refractivity (Wildman–Crippen MR) is 467 cm³/mol. The Morgan fingerprint density at radius 2 is 0.667 bits per heavy atom. The summed E-state index contributed by atoms with van der Waals surface area (Å²) in [6.07, 6.45) is 58.7. The summed E-state index contributed by atoms with van der Waals surface area (Å²) >= 11 is 0. The van der Waals surface area contributed by atoms with Crippen molar-refractivity contribution in [2.75, 3.05) is 0 Å². The zero-order valence-electron chi connectivity index (χ0n) is 72.9. The Morgan fingerprint density at radius 1 is 0.367 bits per heavy atom. The number of hydrogen-bond acceptors (Lipinski definition) is 19. The van der Waals surface area contributed by atoms with Crippen LogP contribution in [0.15, 0.2) is 122 Å². The summed E-state index contributed by atoms with van der Waals surface area (Å²) in [5, 5.41) is 24.1. The number of ketones is 1. The number of rotatable bonds is 13. The molecule has 18 bridgehead atoms. The van der Waals surface area contributed by atoms with Gasteiger partial charge in [-0.1, -0.05) is 190 Å². The van der Waals surface area contributed by atoms with Crippen LogP contribution in [0, 0.1) is 110 Å². The van der Waals surface area contributed by atoms with Crippen molar-refractivity contribution in [3.63, 3.8) is 0 Å². The van der Waals surface area contributed by atoms with E-state index in [9.17, 15) is 33.6 Å². The van der Waals surface area contributed by atoms with Crippen molar-refractivity contribution in [1.29, 1.82) is 0 Å². The third kappa shape index (κ3) is 21.8. The number of benzene rings is 3. The Morgan fingerprint density at radius 3 is 0.975 bits per heavy atom. The van der Waals surface area contributed by atoms with Crippen molar-refractivity contribution in [2.24, 2.45) is 141 Å². The topological polar surface area (TPSA) is 249 Å². The first-order valence-electron chi connectivity index (χ1n) is 47.5. The molecule has 19 heteroatoms. The van der Waals surface area contributed by atoms with Crippen LogP contribution in [0.5, 0.6) is 0 Å². The highest BCUT2D eigenvalue weighted by atomic mass is 16.7. The van der Waals surface area contributed by atoms with E-state index in [0.717, 1.165) is 205 Å². The van der Waals surface area contributed by atoms with E-state index in [0.29, 0.717) is 34.2 Å². The minimum atomic E-state index is -0.526. The van der Waals surface area contributed by atoms with Crippen LogP contribution in [0.25, 0.3) is 0 Å². The fourth-order valence-electron chi connectivity index (χ4n) is 26.5. The zero-order valence-corrected chi connectivity index (χ0v) is 72.9. The number of carbonyl (C=O) groups excluding carboxylic acids is 7. The average Bonchev–Trinajstić information content (AvgIpc) is 1.56. The van der Waals surface area contributed by atoms with E-state index in [1.807, 2.05) is 56.3 Å². The molecule has 0 saturated heterocycles. The molecule has 2 atom stereocenters. The second kappa shape index (κ2) is 41.1. The van der Waals surface area contributed by atoms with Gasteiger partial charge >= 0.3 is 35.8 Å². The van der Waals surface area contributed by atoms with E-state index >= 15 is 0 Å². The normalized spacial score (nSPS) is 34.6. The van der Waals surface area contributed by atoms with Gasteiger partial charge in [0.05, 0.1) is 50.1 Å². The lowest BCUT2D eigenvalue weighted by molar-refractivity contribution is -0.172. The van der Waals surface area contributed by atoms with Gasteiger partial charge < -0.3 is 29.0 Å². The minimum absolute atomic E-state index is 0.0305. The van der Waals surface area contributed by atoms with Crippen molar-refractivity contribution in [1.82, 2.24) is 0 Å². The molecule has 2 unspecified atom stereocenters. The summed E-state index contributed by atoms with van der Waals surface area (Å²) < 4.78 is 0. The highest BCUT2D eigenvalue weighted by Gasteiger charge is 2.66. The minimum Gasteiger partial charge on any atom is -0.318 e. The maximum absolute atomic E-state index is 13.0. The van der Waals surface area contributed by atoms with Crippen LogP contribution in [0.4, 0.5) is 0 Å². The standard InChI is InChI=1S/C22H33NO2.C21H29NO2.C17H19NO3.C14H21NO2.C14H17NO2.C13H19NO2/c24-22(20-16-12-11-13-17-20)25-23-21-18-14-9-7-5-3-1-2-4-6-8-10-15-19-21;23-20(21-9-14-2-15(10-21)4-16(3-14)11-21)24-22-19-17-5-12-1-13(7-17)8-18(19)6-12;1-16(2)12-9-10-17(16,3)14(19)13(12)18-21-15(20)11-7-5-4-6-8-11;1-2-3-15-17-13(16)14-7-10-4-11(8-14)6-12(5-10)9-14;16-14(12-8-4-3-5-9-12)17-15-13-10-6-1-2-7-11-13;1-2-14-16-12(15)13-6-9-3-10(7-13)5-11(4-9)8-13/h11-13,16-17H,1-10,14-15,18-19H2;12-18H,1-11H2;4-8,12H,9-10H2,1-3H3;3,10-12H,2,4-9H2,1H3;3-5,8-9H,1-2,6-7,10-11H2;2,9-11H,3-8H2,1H3/b;;18-13-;15-3+;;14-2+. The number of oxime groups is 6. The van der Waals surface area contributed by atoms with Gasteiger partial charge in [-0.3, -0.25) is 4.79 Å². The molecule has 0 spiro atoms. The highest BCUT2D eigenvalue weighted by Crippen LogP contribution is 2.65. The lowest BCUT2D eigenvalue weighted by atomic mass is 9.49. The predicted octanol–water partition coefficient (Wildman–Crippen LogP) is 23.9. The largest absolute Gasteiger partial charge is 0.365 e. The number of carbonyl (C=O) groups is 7. The molecule has 20 aliphatic rings. The van der Waals surface area contributed by atoms with Crippen LogP contribution >= 0.6 is 0 Å². The molecule has 0 N–H and O–H groups in total. The fraction of sp³-hybridized carbons (Fsp3) is 0.693. The zero-order chi connectivity index (χ0) is 83.7. The summed E-state index contributed by atoms with van der Waals surface area (Å²) in [5.74, 6) is 8.96. The summed E-state index contributed by atoms with van der Waals surface area (Å²) in [6, 6.07) is 26.7. The van der Waals surface area contributed by atoms with E-state index in [1.54, 1.807) is 67.9 Å². The van der Waals surface area contributed by atoms with Gasteiger partial charge in [0.25, 0.3) is 0 Å². The maximum atomic E-state index is 13.0. The quantitative estimate of drug-likeness (QED) is 0.0669. The van der Waals surface area contributed by atoms with Crippen molar-refractivity contribution < 1.29 is 62.6 Å². The summed E-state index contributed by atoms with van der Waals surface area (Å²) in [5.41, 5.74) is 4.31. The van der Waals surface area contributed by atoms with Gasteiger partial charge in [0.2, 0.25) is 0 Å². The van der Waals surface area contributed by atoms with Crippen molar-refractivity contribution in [3.05, 3.63) is 108 Å². The van der Waals surface area contributed by atoms with Crippen molar-refractivity contribution in [3.8, 4) is 0 Å². The van der Waals surface area contributed by atoms with Crippen molar-refractivity contribution >= 4 is 76.9 Å². The lowest BCUT2D eigenvalue weighted by Crippen LogP contribution is -2.50. The molecular formula is C101H138N6O13. The average molecular weight is 1640 g/mol. The summed E-state index contributed by atoms with van der Waals surface area (Å²) in [7, 11) is 0. The monoisotopic (exact) mass is 1640 g/mol. The highest BCUT2D eigenvalue weighted by molar-refractivity contribution is 6.45. The molecule has 120 heavy (non-hydrogen) atoms. The van der Waals surface area contributed by atoms with Gasteiger partial charge in [-0.25, -0.2) is 28.8 Å². The first kappa shape index (κ1) is 88.5. The molecule has 3 aromatic rings. The Kier molecular flexibility index (Phi) is 30.3. The van der Waals surface area contributed by atoms with Crippen LogP contribution in [-0.4, -0.2) is 76.9 Å². The van der Waals surface area contributed by atoms with E-state index < -0.39 is 5.97 Å². The number of hydrogen-bond donors (Lipinski definition) is 0. The molecule has 0 heterocycles. The van der Waals surface area contributed by atoms with E-state index in [2.05, 4.69) is 44.8 Å². The maximum Gasteiger partial charge on any atom is 0.365 e. The summed E-state index contributed by atoms with van der Waals surface area (Å²) in [4.78, 5) is 116. The van der Waals surface area contributed by atoms with Crippen LogP contribution < -0.4 is 0 Å². The molecule has 19 nitrogen and oxygen atoms in total. The molecular weight excluding hydrogens is 1510 g/mol. The van der Waals surface area contributed by atoms with Gasteiger partial charge in [0, 0.05) is 35.6 Å². The number of fused-ring (bicyclic) bond motifs is 2. The van der Waals surface area contributed by atoms with Gasteiger partial charge in [0.1, 0.15) is 5.71 Å². The Hall–Kier alpha value is -7.83. The van der Waals surface area contributed by atoms with E-state index in [-0.39, 0.29) is 68.6 Å². The first-order valence-corrected chi connectivity index (χ1v) is 47.5. The number of nitrogens with zero attached hydrogens (tertiary/aromatic N) is 6. The van der Waals surface area contributed by atoms with E-state index in [1.165, 1.54) is 173 Å². The molecule has 20 saturated carbocycles. The second-order valence-electron chi connectivity index (χ2n) is 40.8. The van der Waals surface area contributed by atoms with Gasteiger partial charge in [-0.05, 0) is 332 Å².